The molecular formula is C13H25NO. The van der Waals surface area contributed by atoms with E-state index in [2.05, 4.69) is 12.4 Å². The molecule has 2 aliphatic rings. The molecule has 0 aromatic carbocycles. The normalized spacial score (nSPS) is 30.6. The van der Waals surface area contributed by atoms with Gasteiger partial charge in [0.05, 0.1) is 6.10 Å². The minimum atomic E-state index is 0.558. The van der Waals surface area contributed by atoms with Crippen molar-refractivity contribution in [1.29, 1.82) is 0 Å². The number of rotatable bonds is 4. The van der Waals surface area contributed by atoms with Crippen LogP contribution >= 0.6 is 0 Å². The summed E-state index contributed by atoms with van der Waals surface area (Å²) in [5, 5.41) is 3.40. The second kappa shape index (κ2) is 5.31. The first-order chi connectivity index (χ1) is 7.35. The predicted molar refractivity (Wildman–Crippen MR) is 63.0 cm³/mol. The Hall–Kier alpha value is -0.0800. The summed E-state index contributed by atoms with van der Waals surface area (Å²) >= 11 is 0. The van der Waals surface area contributed by atoms with E-state index in [1.54, 1.807) is 0 Å². The minimum absolute atomic E-state index is 0.558. The van der Waals surface area contributed by atoms with E-state index in [4.69, 9.17) is 4.74 Å². The predicted octanol–water partition coefficient (Wildman–Crippen LogP) is 2.73. The summed E-state index contributed by atoms with van der Waals surface area (Å²) in [6, 6.07) is 0. The van der Waals surface area contributed by atoms with Gasteiger partial charge in [0.1, 0.15) is 0 Å². The van der Waals surface area contributed by atoms with E-state index in [9.17, 15) is 0 Å². The van der Waals surface area contributed by atoms with Crippen molar-refractivity contribution in [3.63, 3.8) is 0 Å². The molecule has 1 saturated carbocycles. The zero-order valence-electron chi connectivity index (χ0n) is 10.1. The topological polar surface area (TPSA) is 21.3 Å². The summed E-state index contributed by atoms with van der Waals surface area (Å²) in [6.07, 6.45) is 11.6. The fourth-order valence-corrected chi connectivity index (χ4v) is 3.42. The number of ether oxygens (including phenoxy) is 1. The number of hydrogen-bond donors (Lipinski definition) is 1. The monoisotopic (exact) mass is 211 g/mol. The second-order valence-electron chi connectivity index (χ2n) is 5.43. The molecule has 0 bridgehead atoms. The zero-order chi connectivity index (χ0) is 10.6. The lowest BCUT2D eigenvalue weighted by Gasteiger charge is -2.39. The van der Waals surface area contributed by atoms with Crippen molar-refractivity contribution in [2.24, 2.45) is 5.41 Å². The van der Waals surface area contributed by atoms with Crippen LogP contribution in [0.3, 0.4) is 0 Å². The highest BCUT2D eigenvalue weighted by Gasteiger charge is 2.35. The van der Waals surface area contributed by atoms with Gasteiger partial charge < -0.3 is 10.1 Å². The third-order valence-corrected chi connectivity index (χ3v) is 4.15. The van der Waals surface area contributed by atoms with E-state index in [1.165, 1.54) is 57.9 Å². The van der Waals surface area contributed by atoms with Crippen LogP contribution in [0, 0.1) is 5.41 Å². The van der Waals surface area contributed by atoms with Gasteiger partial charge in [-0.25, -0.2) is 0 Å². The Balaban J connectivity index is 1.90. The summed E-state index contributed by atoms with van der Waals surface area (Å²) in [7, 11) is 2.09. The van der Waals surface area contributed by atoms with E-state index >= 15 is 0 Å². The SMILES string of the molecule is CNCC1(CC2CCCO2)CCCCC1. The summed E-state index contributed by atoms with van der Waals surface area (Å²) in [6.45, 7) is 2.19. The van der Waals surface area contributed by atoms with Crippen molar-refractivity contribution in [1.82, 2.24) is 5.32 Å². The van der Waals surface area contributed by atoms with Crippen molar-refractivity contribution in [3.8, 4) is 0 Å². The number of hydrogen-bond acceptors (Lipinski definition) is 2. The van der Waals surface area contributed by atoms with E-state index in [-0.39, 0.29) is 0 Å². The van der Waals surface area contributed by atoms with Crippen molar-refractivity contribution in [2.75, 3.05) is 20.2 Å². The first kappa shape index (κ1) is 11.4. The molecule has 2 rings (SSSR count). The highest BCUT2D eigenvalue weighted by atomic mass is 16.5. The summed E-state index contributed by atoms with van der Waals surface area (Å²) in [5.74, 6) is 0. The Morgan fingerprint density at radius 1 is 1.20 bits per heavy atom. The molecule has 2 nitrogen and oxygen atoms in total. The summed E-state index contributed by atoms with van der Waals surface area (Å²) < 4.78 is 5.80. The molecule has 1 saturated heterocycles. The molecule has 88 valence electrons. The van der Waals surface area contributed by atoms with Gasteiger partial charge in [-0.2, -0.15) is 0 Å². The number of nitrogens with one attached hydrogen (secondary N) is 1. The van der Waals surface area contributed by atoms with Crippen LogP contribution in [0.1, 0.15) is 51.4 Å². The Morgan fingerprint density at radius 3 is 2.60 bits per heavy atom. The van der Waals surface area contributed by atoms with Crippen molar-refractivity contribution < 1.29 is 4.74 Å². The van der Waals surface area contributed by atoms with E-state index < -0.39 is 0 Å². The lowest BCUT2D eigenvalue weighted by molar-refractivity contribution is 0.0438. The molecule has 15 heavy (non-hydrogen) atoms. The van der Waals surface area contributed by atoms with Crippen LogP contribution in [0.25, 0.3) is 0 Å². The average molecular weight is 211 g/mol. The molecule has 1 aliphatic heterocycles. The molecule has 1 aliphatic carbocycles. The van der Waals surface area contributed by atoms with Gasteiger partial charge in [0.15, 0.2) is 0 Å². The van der Waals surface area contributed by atoms with E-state index in [1.807, 2.05) is 0 Å². The van der Waals surface area contributed by atoms with Crippen LogP contribution in [-0.4, -0.2) is 26.3 Å². The third kappa shape index (κ3) is 2.94. The van der Waals surface area contributed by atoms with E-state index in [0.29, 0.717) is 11.5 Å². The second-order valence-corrected chi connectivity index (χ2v) is 5.43. The molecule has 0 aromatic heterocycles. The quantitative estimate of drug-likeness (QED) is 0.772. The first-order valence-electron chi connectivity index (χ1n) is 6.61. The first-order valence-corrected chi connectivity index (χ1v) is 6.61. The van der Waals surface area contributed by atoms with Gasteiger partial charge in [0, 0.05) is 13.2 Å². The smallest absolute Gasteiger partial charge is 0.0581 e. The lowest BCUT2D eigenvalue weighted by atomic mass is 9.70. The lowest BCUT2D eigenvalue weighted by Crippen LogP contribution is -2.37. The van der Waals surface area contributed by atoms with Gasteiger partial charge in [-0.15, -0.1) is 0 Å². The van der Waals surface area contributed by atoms with Crippen molar-refractivity contribution in [3.05, 3.63) is 0 Å². The van der Waals surface area contributed by atoms with Crippen LogP contribution in [0.5, 0.6) is 0 Å². The third-order valence-electron chi connectivity index (χ3n) is 4.15. The molecule has 0 aromatic rings. The largest absolute Gasteiger partial charge is 0.378 e. The summed E-state index contributed by atoms with van der Waals surface area (Å²) in [5.41, 5.74) is 0.558. The fraction of sp³-hybridized carbons (Fsp3) is 1.00. The van der Waals surface area contributed by atoms with Gasteiger partial charge in [-0.3, -0.25) is 0 Å². The fourth-order valence-electron chi connectivity index (χ4n) is 3.42. The maximum absolute atomic E-state index is 5.80. The van der Waals surface area contributed by atoms with Gasteiger partial charge in [-0.05, 0) is 44.6 Å². The standard InChI is InChI=1S/C13H25NO/c1-14-11-13(7-3-2-4-8-13)10-12-6-5-9-15-12/h12,14H,2-11H2,1H3. The zero-order valence-corrected chi connectivity index (χ0v) is 10.1. The highest BCUT2D eigenvalue weighted by Crippen LogP contribution is 2.41. The summed E-state index contributed by atoms with van der Waals surface area (Å²) in [4.78, 5) is 0. The van der Waals surface area contributed by atoms with Gasteiger partial charge in [0.2, 0.25) is 0 Å². The molecule has 1 N–H and O–H groups in total. The molecule has 2 heteroatoms. The van der Waals surface area contributed by atoms with Gasteiger partial charge in [-0.1, -0.05) is 19.3 Å². The Morgan fingerprint density at radius 2 is 2.00 bits per heavy atom. The van der Waals surface area contributed by atoms with Gasteiger partial charge >= 0.3 is 0 Å². The maximum atomic E-state index is 5.80. The van der Waals surface area contributed by atoms with Crippen LogP contribution < -0.4 is 5.32 Å². The molecule has 2 fully saturated rings. The Kier molecular flexibility index (Phi) is 4.04. The Labute approximate surface area is 93.8 Å². The molecule has 0 amide bonds. The average Bonchev–Trinajstić information content (AvgIpc) is 2.72. The van der Waals surface area contributed by atoms with Gasteiger partial charge in [0.25, 0.3) is 0 Å². The van der Waals surface area contributed by atoms with Crippen molar-refractivity contribution >= 4 is 0 Å². The maximum Gasteiger partial charge on any atom is 0.0581 e. The Bertz CT molecular complexity index is 175. The molecule has 1 unspecified atom stereocenters. The minimum Gasteiger partial charge on any atom is -0.378 e. The van der Waals surface area contributed by atoms with Crippen LogP contribution in [0.15, 0.2) is 0 Å². The van der Waals surface area contributed by atoms with Crippen LogP contribution in [-0.2, 0) is 4.74 Å². The molecule has 0 radical (unpaired) electrons. The molecular weight excluding hydrogens is 186 g/mol. The van der Waals surface area contributed by atoms with Crippen molar-refractivity contribution in [2.45, 2.75) is 57.5 Å². The molecule has 1 atom stereocenters. The van der Waals surface area contributed by atoms with Crippen LogP contribution in [0.2, 0.25) is 0 Å². The van der Waals surface area contributed by atoms with Crippen LogP contribution in [0.4, 0.5) is 0 Å². The van der Waals surface area contributed by atoms with E-state index in [0.717, 1.165) is 6.61 Å². The molecule has 0 spiro atoms. The highest BCUT2D eigenvalue weighted by molar-refractivity contribution is 4.88. The molecule has 1 heterocycles.